The van der Waals surface area contributed by atoms with Crippen LogP contribution in [0.1, 0.15) is 18.0 Å². The summed E-state index contributed by atoms with van der Waals surface area (Å²) < 4.78 is 7.30. The second-order valence-corrected chi connectivity index (χ2v) is 6.97. The van der Waals surface area contributed by atoms with E-state index in [1.54, 1.807) is 18.3 Å². The van der Waals surface area contributed by atoms with E-state index in [0.29, 0.717) is 16.9 Å². The molecule has 136 valence electrons. The van der Waals surface area contributed by atoms with Crippen LogP contribution in [0.15, 0.2) is 35.7 Å². The SMILES string of the molecule is COc1ccccc1-n1cnnc1SC(C)c1nc(N)nc(N(C)C)n1. The van der Waals surface area contributed by atoms with Gasteiger partial charge in [0.1, 0.15) is 17.9 Å². The maximum atomic E-state index is 5.82. The average molecular weight is 372 g/mol. The molecule has 0 saturated carbocycles. The van der Waals surface area contributed by atoms with Crippen molar-refractivity contribution in [1.29, 1.82) is 0 Å². The van der Waals surface area contributed by atoms with E-state index >= 15 is 0 Å². The fraction of sp³-hybridized carbons (Fsp3) is 0.312. The first-order chi connectivity index (χ1) is 12.5. The molecule has 26 heavy (non-hydrogen) atoms. The monoisotopic (exact) mass is 372 g/mol. The molecule has 0 amide bonds. The van der Waals surface area contributed by atoms with E-state index in [2.05, 4.69) is 25.1 Å². The van der Waals surface area contributed by atoms with Gasteiger partial charge in [0.15, 0.2) is 5.16 Å². The Bertz CT molecular complexity index is 897. The van der Waals surface area contributed by atoms with E-state index < -0.39 is 0 Å². The molecule has 0 aliphatic carbocycles. The van der Waals surface area contributed by atoms with E-state index in [4.69, 9.17) is 10.5 Å². The molecule has 1 unspecified atom stereocenters. The number of nitrogen functional groups attached to an aromatic ring is 1. The number of hydrogen-bond donors (Lipinski definition) is 1. The molecule has 0 spiro atoms. The Hall–Kier alpha value is -2.88. The number of thioether (sulfide) groups is 1. The summed E-state index contributed by atoms with van der Waals surface area (Å²) in [5.74, 6) is 2.03. The smallest absolute Gasteiger partial charge is 0.229 e. The second kappa shape index (κ2) is 7.56. The first kappa shape index (κ1) is 17.9. The van der Waals surface area contributed by atoms with Crippen LogP contribution in [0.25, 0.3) is 5.69 Å². The van der Waals surface area contributed by atoms with Gasteiger partial charge in [-0.3, -0.25) is 4.57 Å². The van der Waals surface area contributed by atoms with Crippen molar-refractivity contribution in [3.05, 3.63) is 36.4 Å². The molecule has 0 aliphatic rings. The van der Waals surface area contributed by atoms with Crippen molar-refractivity contribution in [2.75, 3.05) is 31.8 Å². The highest BCUT2D eigenvalue weighted by molar-refractivity contribution is 7.99. The Morgan fingerprint density at radius 3 is 2.69 bits per heavy atom. The van der Waals surface area contributed by atoms with E-state index in [-0.39, 0.29) is 11.2 Å². The number of hydrogen-bond acceptors (Lipinski definition) is 9. The lowest BCUT2D eigenvalue weighted by Crippen LogP contribution is -2.16. The fourth-order valence-electron chi connectivity index (χ4n) is 2.29. The second-order valence-electron chi connectivity index (χ2n) is 5.66. The largest absolute Gasteiger partial charge is 0.495 e. The van der Waals surface area contributed by atoms with Gasteiger partial charge in [-0.2, -0.15) is 15.0 Å². The van der Waals surface area contributed by atoms with Crippen molar-refractivity contribution >= 4 is 23.7 Å². The lowest BCUT2D eigenvalue weighted by atomic mass is 10.3. The summed E-state index contributed by atoms with van der Waals surface area (Å²) >= 11 is 1.48. The van der Waals surface area contributed by atoms with Crippen LogP contribution in [-0.2, 0) is 0 Å². The number of methoxy groups -OCH3 is 1. The van der Waals surface area contributed by atoms with E-state index in [1.807, 2.05) is 49.9 Å². The maximum absolute atomic E-state index is 5.82. The summed E-state index contributed by atoms with van der Waals surface area (Å²) in [4.78, 5) is 14.6. The third-order valence-electron chi connectivity index (χ3n) is 3.57. The predicted molar refractivity (Wildman–Crippen MR) is 101 cm³/mol. The predicted octanol–water partition coefficient (Wildman–Crippen LogP) is 1.96. The van der Waals surface area contributed by atoms with Gasteiger partial charge in [0, 0.05) is 14.1 Å². The summed E-state index contributed by atoms with van der Waals surface area (Å²) in [6.07, 6.45) is 1.65. The minimum Gasteiger partial charge on any atom is -0.495 e. The number of para-hydroxylation sites is 2. The van der Waals surface area contributed by atoms with Gasteiger partial charge >= 0.3 is 0 Å². The number of nitrogens with zero attached hydrogens (tertiary/aromatic N) is 7. The Morgan fingerprint density at radius 2 is 1.96 bits per heavy atom. The zero-order valence-electron chi connectivity index (χ0n) is 15.0. The molecule has 9 nitrogen and oxygen atoms in total. The van der Waals surface area contributed by atoms with Gasteiger partial charge in [-0.1, -0.05) is 23.9 Å². The van der Waals surface area contributed by atoms with Gasteiger partial charge in [-0.15, -0.1) is 10.2 Å². The molecule has 1 aromatic carbocycles. The molecule has 0 radical (unpaired) electrons. The van der Waals surface area contributed by atoms with Crippen molar-refractivity contribution in [2.45, 2.75) is 17.3 Å². The molecular formula is C16H20N8OS. The first-order valence-electron chi connectivity index (χ1n) is 7.88. The van der Waals surface area contributed by atoms with Gasteiger partial charge in [-0.05, 0) is 19.1 Å². The van der Waals surface area contributed by atoms with E-state index in [1.165, 1.54) is 11.8 Å². The van der Waals surface area contributed by atoms with Crippen molar-refractivity contribution < 1.29 is 4.74 Å². The lowest BCUT2D eigenvalue weighted by Gasteiger charge is -2.15. The molecule has 2 heterocycles. The number of nitrogens with two attached hydrogens (primary N) is 1. The van der Waals surface area contributed by atoms with Crippen molar-refractivity contribution in [3.63, 3.8) is 0 Å². The highest BCUT2D eigenvalue weighted by atomic mass is 32.2. The van der Waals surface area contributed by atoms with Crippen LogP contribution in [0.2, 0.25) is 0 Å². The molecule has 2 N–H and O–H groups in total. The topological polar surface area (TPSA) is 108 Å². The van der Waals surface area contributed by atoms with Crippen molar-refractivity contribution in [3.8, 4) is 11.4 Å². The molecule has 0 bridgehead atoms. The summed E-state index contributed by atoms with van der Waals surface area (Å²) in [6.45, 7) is 1.99. The number of benzene rings is 1. The third-order valence-corrected chi connectivity index (χ3v) is 4.62. The van der Waals surface area contributed by atoms with Crippen LogP contribution >= 0.6 is 11.8 Å². The molecule has 3 aromatic rings. The van der Waals surface area contributed by atoms with Gasteiger partial charge in [-0.25, -0.2) is 0 Å². The number of rotatable bonds is 6. The summed E-state index contributed by atoms with van der Waals surface area (Å²) in [6, 6.07) is 7.69. The lowest BCUT2D eigenvalue weighted by molar-refractivity contribution is 0.412. The van der Waals surface area contributed by atoms with Crippen molar-refractivity contribution in [1.82, 2.24) is 29.7 Å². The van der Waals surface area contributed by atoms with Crippen LogP contribution in [-0.4, -0.2) is 50.9 Å². The molecule has 3 rings (SSSR count). The zero-order valence-corrected chi connectivity index (χ0v) is 15.8. The Morgan fingerprint density at radius 1 is 1.19 bits per heavy atom. The van der Waals surface area contributed by atoms with Gasteiger partial charge < -0.3 is 15.4 Å². The zero-order chi connectivity index (χ0) is 18.7. The Balaban J connectivity index is 1.90. The number of ether oxygens (including phenoxy) is 1. The fourth-order valence-corrected chi connectivity index (χ4v) is 3.17. The Labute approximate surface area is 155 Å². The van der Waals surface area contributed by atoms with Crippen LogP contribution < -0.4 is 15.4 Å². The van der Waals surface area contributed by atoms with Gasteiger partial charge in [0.2, 0.25) is 11.9 Å². The van der Waals surface area contributed by atoms with Gasteiger partial charge in [0.05, 0.1) is 18.0 Å². The summed E-state index contributed by atoms with van der Waals surface area (Å²) in [7, 11) is 5.35. The van der Waals surface area contributed by atoms with Crippen molar-refractivity contribution in [2.24, 2.45) is 0 Å². The van der Waals surface area contributed by atoms with E-state index in [9.17, 15) is 0 Å². The van der Waals surface area contributed by atoms with Gasteiger partial charge in [0.25, 0.3) is 0 Å². The number of anilines is 2. The standard InChI is InChI=1S/C16H20N8OS/c1-10(13-19-14(17)21-15(20-13)23(2)3)26-16-22-18-9-24(16)11-7-5-6-8-12(11)25-4/h5-10H,1-4H3,(H2,17,19,20,21). The summed E-state index contributed by atoms with van der Waals surface area (Å²) in [5, 5.41) is 8.86. The molecular weight excluding hydrogens is 352 g/mol. The molecule has 1 atom stereocenters. The maximum Gasteiger partial charge on any atom is 0.229 e. The normalized spacial score (nSPS) is 12.0. The summed E-state index contributed by atoms with van der Waals surface area (Å²) in [5.41, 5.74) is 6.68. The minimum absolute atomic E-state index is 0.100. The number of aromatic nitrogens is 6. The molecule has 2 aromatic heterocycles. The van der Waals surface area contributed by atoms with E-state index in [0.717, 1.165) is 11.4 Å². The average Bonchev–Trinajstić information content (AvgIpc) is 3.08. The minimum atomic E-state index is -0.100. The Kier molecular flexibility index (Phi) is 5.21. The van der Waals surface area contributed by atoms with Crippen LogP contribution in [0, 0.1) is 0 Å². The molecule has 0 fully saturated rings. The molecule has 10 heteroatoms. The quantitative estimate of drug-likeness (QED) is 0.649. The third kappa shape index (κ3) is 3.69. The van der Waals surface area contributed by atoms with Crippen LogP contribution in [0.4, 0.5) is 11.9 Å². The van der Waals surface area contributed by atoms with Crippen LogP contribution in [0.3, 0.4) is 0 Å². The highest BCUT2D eigenvalue weighted by Gasteiger charge is 2.19. The van der Waals surface area contributed by atoms with Crippen LogP contribution in [0.5, 0.6) is 5.75 Å². The molecule has 0 aliphatic heterocycles. The first-order valence-corrected chi connectivity index (χ1v) is 8.76. The highest BCUT2D eigenvalue weighted by Crippen LogP contribution is 2.35. The molecule has 0 saturated heterocycles.